The van der Waals surface area contributed by atoms with Crippen LogP contribution in [0.3, 0.4) is 0 Å². The summed E-state index contributed by atoms with van der Waals surface area (Å²) in [5.41, 5.74) is 1.41. The third-order valence-electron chi connectivity index (χ3n) is 3.72. The first-order valence-corrected chi connectivity index (χ1v) is 9.68. The molecule has 1 aliphatic heterocycles. The van der Waals surface area contributed by atoms with Gasteiger partial charge in [0, 0.05) is 10.9 Å². The molecule has 8 heteroatoms. The van der Waals surface area contributed by atoms with Crippen LogP contribution in [0.1, 0.15) is 12.5 Å². The molecule has 2 aromatic carbocycles. The van der Waals surface area contributed by atoms with Crippen molar-refractivity contribution in [1.29, 1.82) is 0 Å². The first-order chi connectivity index (χ1) is 11.3. The van der Waals surface area contributed by atoms with Crippen LogP contribution < -0.4 is 0 Å². The molecule has 24 heavy (non-hydrogen) atoms. The summed E-state index contributed by atoms with van der Waals surface area (Å²) in [6.07, 6.45) is 0. The van der Waals surface area contributed by atoms with Gasteiger partial charge in [-0.1, -0.05) is 47.8 Å². The molecule has 0 saturated carbocycles. The van der Waals surface area contributed by atoms with E-state index < -0.39 is 10.0 Å². The van der Waals surface area contributed by atoms with Crippen LogP contribution in [0.5, 0.6) is 0 Å². The highest BCUT2D eigenvalue weighted by molar-refractivity contribution is 7.89. The summed E-state index contributed by atoms with van der Waals surface area (Å²) in [5, 5.41) is 5.63. The predicted octanol–water partition coefficient (Wildman–Crippen LogP) is 4.69. The molecule has 4 nitrogen and oxygen atoms in total. The van der Waals surface area contributed by atoms with Gasteiger partial charge in [0.25, 0.3) is 10.0 Å². The van der Waals surface area contributed by atoms with Gasteiger partial charge in [-0.2, -0.15) is 17.9 Å². The van der Waals surface area contributed by atoms with Gasteiger partial charge < -0.3 is 0 Å². The normalized spacial score (nSPS) is 17.9. The molecule has 0 aromatic heterocycles. The highest BCUT2D eigenvalue weighted by atomic mass is 35.5. The van der Waals surface area contributed by atoms with E-state index in [2.05, 4.69) is 5.10 Å². The lowest BCUT2D eigenvalue weighted by Gasteiger charge is -2.14. The maximum atomic E-state index is 12.7. The van der Waals surface area contributed by atoms with Crippen molar-refractivity contribution >= 4 is 50.5 Å². The van der Waals surface area contributed by atoms with Gasteiger partial charge in [-0.15, -0.1) is 0 Å². The summed E-state index contributed by atoms with van der Waals surface area (Å²) in [7, 11) is -3.72. The van der Waals surface area contributed by atoms with E-state index >= 15 is 0 Å². The standard InChI is InChI=1S/C16H13Cl3N2O2S/c1-10-9-21(24(22,23)13-5-3-12(17)4-6-13)20-16(10)11-2-7-14(18)15(19)8-11/h2-8,10H,9H2,1H3. The van der Waals surface area contributed by atoms with Crippen LogP contribution in [0.2, 0.25) is 15.1 Å². The molecule has 0 aliphatic carbocycles. The van der Waals surface area contributed by atoms with Crippen molar-refractivity contribution < 1.29 is 8.42 Å². The Labute approximate surface area is 155 Å². The van der Waals surface area contributed by atoms with Gasteiger partial charge in [0.15, 0.2) is 0 Å². The number of nitrogens with zero attached hydrogens (tertiary/aromatic N) is 2. The number of sulfonamides is 1. The fourth-order valence-electron chi connectivity index (χ4n) is 2.46. The fourth-order valence-corrected chi connectivity index (χ4v) is 4.22. The lowest BCUT2D eigenvalue weighted by molar-refractivity contribution is 0.439. The van der Waals surface area contributed by atoms with Gasteiger partial charge in [-0.25, -0.2) is 0 Å². The Kier molecular flexibility index (Phi) is 4.80. The summed E-state index contributed by atoms with van der Waals surface area (Å²) in [5.74, 6) is -0.0654. The molecular weight excluding hydrogens is 391 g/mol. The Morgan fingerprint density at radius 1 is 1.04 bits per heavy atom. The highest BCUT2D eigenvalue weighted by Crippen LogP contribution is 2.29. The lowest BCUT2D eigenvalue weighted by atomic mass is 10.00. The minimum atomic E-state index is -3.72. The smallest absolute Gasteiger partial charge is 0.200 e. The van der Waals surface area contributed by atoms with Crippen molar-refractivity contribution in [2.45, 2.75) is 11.8 Å². The average molecular weight is 404 g/mol. The van der Waals surface area contributed by atoms with E-state index in [1.807, 2.05) is 6.92 Å². The molecule has 1 unspecified atom stereocenters. The molecule has 1 atom stereocenters. The number of hydrogen-bond acceptors (Lipinski definition) is 3. The molecule has 0 saturated heterocycles. The van der Waals surface area contributed by atoms with E-state index in [0.717, 1.165) is 9.98 Å². The molecule has 1 aliphatic rings. The van der Waals surface area contributed by atoms with Crippen LogP contribution in [0.15, 0.2) is 52.5 Å². The molecule has 0 radical (unpaired) electrons. The molecule has 0 spiro atoms. The molecule has 3 rings (SSSR count). The van der Waals surface area contributed by atoms with E-state index in [-0.39, 0.29) is 17.4 Å². The Morgan fingerprint density at radius 3 is 2.33 bits per heavy atom. The van der Waals surface area contributed by atoms with Crippen LogP contribution in [-0.4, -0.2) is 25.1 Å². The Bertz CT molecular complexity index is 911. The first-order valence-electron chi connectivity index (χ1n) is 7.11. The van der Waals surface area contributed by atoms with Gasteiger partial charge >= 0.3 is 0 Å². The minimum Gasteiger partial charge on any atom is -0.200 e. The molecule has 0 N–H and O–H groups in total. The van der Waals surface area contributed by atoms with E-state index in [1.54, 1.807) is 18.2 Å². The zero-order valence-electron chi connectivity index (χ0n) is 12.6. The van der Waals surface area contributed by atoms with Gasteiger partial charge in [0.2, 0.25) is 0 Å². The van der Waals surface area contributed by atoms with Crippen molar-refractivity contribution in [3.8, 4) is 0 Å². The van der Waals surface area contributed by atoms with Gasteiger partial charge in [0.05, 0.1) is 27.2 Å². The summed E-state index contributed by atoms with van der Waals surface area (Å²) in [6.45, 7) is 2.18. The Hall–Kier alpha value is -1.27. The van der Waals surface area contributed by atoms with E-state index in [0.29, 0.717) is 20.8 Å². The van der Waals surface area contributed by atoms with E-state index in [9.17, 15) is 8.42 Å². The highest BCUT2D eigenvalue weighted by Gasteiger charge is 2.32. The number of rotatable bonds is 3. The topological polar surface area (TPSA) is 49.7 Å². The number of hydrazone groups is 1. The second-order valence-corrected chi connectivity index (χ2v) is 8.57. The zero-order valence-corrected chi connectivity index (χ0v) is 15.7. The third kappa shape index (κ3) is 3.26. The molecule has 0 fully saturated rings. The number of hydrogen-bond donors (Lipinski definition) is 0. The largest absolute Gasteiger partial charge is 0.279 e. The first kappa shape index (κ1) is 17.5. The maximum absolute atomic E-state index is 12.7. The molecule has 0 bridgehead atoms. The quantitative estimate of drug-likeness (QED) is 0.746. The lowest BCUT2D eigenvalue weighted by Crippen LogP contribution is -2.25. The minimum absolute atomic E-state index is 0.0654. The summed E-state index contributed by atoms with van der Waals surface area (Å²) in [4.78, 5) is 0.151. The molecule has 1 heterocycles. The Morgan fingerprint density at radius 2 is 1.71 bits per heavy atom. The van der Waals surface area contributed by atoms with Gasteiger partial charge in [-0.05, 0) is 42.0 Å². The van der Waals surface area contributed by atoms with Crippen molar-refractivity contribution in [3.63, 3.8) is 0 Å². The summed E-state index contributed by atoms with van der Waals surface area (Å²) >= 11 is 17.8. The van der Waals surface area contributed by atoms with Crippen molar-refractivity contribution in [2.24, 2.45) is 11.0 Å². The summed E-state index contributed by atoms with van der Waals surface area (Å²) < 4.78 is 26.5. The second kappa shape index (κ2) is 6.56. The second-order valence-electron chi connectivity index (χ2n) is 5.48. The molecule has 126 valence electrons. The van der Waals surface area contributed by atoms with Crippen LogP contribution in [0.25, 0.3) is 0 Å². The van der Waals surface area contributed by atoms with Gasteiger partial charge in [-0.3, -0.25) is 0 Å². The average Bonchev–Trinajstić information content (AvgIpc) is 2.93. The van der Waals surface area contributed by atoms with Crippen LogP contribution in [0.4, 0.5) is 0 Å². The van der Waals surface area contributed by atoms with E-state index in [1.165, 1.54) is 24.3 Å². The number of halogens is 3. The van der Waals surface area contributed by atoms with Crippen LogP contribution in [-0.2, 0) is 10.0 Å². The zero-order chi connectivity index (χ0) is 17.5. The predicted molar refractivity (Wildman–Crippen MR) is 97.5 cm³/mol. The van der Waals surface area contributed by atoms with Crippen LogP contribution in [0, 0.1) is 5.92 Å². The third-order valence-corrected chi connectivity index (χ3v) is 6.36. The molecular formula is C16H13Cl3N2O2S. The van der Waals surface area contributed by atoms with Crippen molar-refractivity contribution in [3.05, 3.63) is 63.1 Å². The fraction of sp³-hybridized carbons (Fsp3) is 0.188. The van der Waals surface area contributed by atoms with E-state index in [4.69, 9.17) is 34.8 Å². The monoisotopic (exact) mass is 402 g/mol. The summed E-state index contributed by atoms with van der Waals surface area (Å²) in [6, 6.07) is 11.2. The van der Waals surface area contributed by atoms with Crippen molar-refractivity contribution in [1.82, 2.24) is 4.41 Å². The van der Waals surface area contributed by atoms with Gasteiger partial charge in [0.1, 0.15) is 0 Å². The Balaban J connectivity index is 1.97. The molecule has 0 amide bonds. The number of benzene rings is 2. The van der Waals surface area contributed by atoms with Crippen molar-refractivity contribution in [2.75, 3.05) is 6.54 Å². The SMILES string of the molecule is CC1CN(S(=O)(=O)c2ccc(Cl)cc2)N=C1c1ccc(Cl)c(Cl)c1. The van der Waals surface area contributed by atoms with Crippen LogP contribution >= 0.6 is 34.8 Å². The maximum Gasteiger partial charge on any atom is 0.279 e. The molecule has 2 aromatic rings.